The molecule has 0 aliphatic heterocycles. The molecule has 1 aromatic carbocycles. The maximum atomic E-state index is 12.0. The van der Waals surface area contributed by atoms with Gasteiger partial charge in [0.05, 0.1) is 18.0 Å². The van der Waals surface area contributed by atoms with Crippen molar-refractivity contribution >= 4 is 21.6 Å². The molecular weight excluding hydrogens is 282 g/mol. The van der Waals surface area contributed by atoms with Crippen molar-refractivity contribution in [3.8, 4) is 0 Å². The van der Waals surface area contributed by atoms with Crippen molar-refractivity contribution in [1.82, 2.24) is 10.0 Å². The molecule has 0 atom stereocenters. The van der Waals surface area contributed by atoms with Crippen LogP contribution in [0.2, 0.25) is 0 Å². The molecule has 0 radical (unpaired) electrons. The second-order valence-electron chi connectivity index (χ2n) is 4.19. The van der Waals surface area contributed by atoms with E-state index >= 15 is 0 Å². The zero-order valence-corrected chi connectivity index (χ0v) is 12.3. The van der Waals surface area contributed by atoms with Crippen LogP contribution >= 0.6 is 0 Å². The Morgan fingerprint density at radius 2 is 2.10 bits per heavy atom. The van der Waals surface area contributed by atoms with E-state index in [4.69, 9.17) is 10.5 Å². The number of rotatable bonds is 7. The normalized spacial score (nSPS) is 11.3. The Morgan fingerprint density at radius 1 is 1.40 bits per heavy atom. The maximum absolute atomic E-state index is 12.0. The lowest BCUT2D eigenvalue weighted by Crippen LogP contribution is -2.38. The summed E-state index contributed by atoms with van der Waals surface area (Å²) < 4.78 is 30.9. The number of sulfonamides is 1. The van der Waals surface area contributed by atoms with Gasteiger partial charge in [-0.25, -0.2) is 13.1 Å². The minimum Gasteiger partial charge on any atom is -0.398 e. The van der Waals surface area contributed by atoms with E-state index < -0.39 is 15.9 Å². The summed E-state index contributed by atoms with van der Waals surface area (Å²) in [6.45, 7) is 2.14. The zero-order chi connectivity index (χ0) is 15.2. The molecule has 0 unspecified atom stereocenters. The van der Waals surface area contributed by atoms with Crippen LogP contribution in [0.15, 0.2) is 23.1 Å². The fraction of sp³-hybridized carbons (Fsp3) is 0.417. The predicted octanol–water partition coefficient (Wildman–Crippen LogP) is -0.382. The molecule has 0 saturated heterocycles. The molecule has 7 nitrogen and oxygen atoms in total. The number of amides is 1. The van der Waals surface area contributed by atoms with Gasteiger partial charge in [-0.3, -0.25) is 4.79 Å². The molecule has 0 aromatic heterocycles. The number of aryl methyl sites for hydroxylation is 1. The first-order valence-corrected chi connectivity index (χ1v) is 7.46. The van der Waals surface area contributed by atoms with Crippen molar-refractivity contribution in [1.29, 1.82) is 0 Å². The lowest BCUT2D eigenvalue weighted by molar-refractivity contribution is -0.120. The van der Waals surface area contributed by atoms with Crippen molar-refractivity contribution in [2.24, 2.45) is 0 Å². The van der Waals surface area contributed by atoms with Crippen LogP contribution in [0.4, 0.5) is 5.69 Å². The Morgan fingerprint density at radius 3 is 2.70 bits per heavy atom. The fourth-order valence-corrected chi connectivity index (χ4v) is 2.40. The number of carbonyl (C=O) groups is 1. The van der Waals surface area contributed by atoms with E-state index in [0.717, 1.165) is 5.56 Å². The van der Waals surface area contributed by atoms with Gasteiger partial charge in [0.15, 0.2) is 0 Å². The lowest BCUT2D eigenvalue weighted by atomic mass is 10.2. The number of hydrogen-bond acceptors (Lipinski definition) is 5. The summed E-state index contributed by atoms with van der Waals surface area (Å²) in [6, 6.07) is 4.42. The summed E-state index contributed by atoms with van der Waals surface area (Å²) in [7, 11) is -2.24. The zero-order valence-electron chi connectivity index (χ0n) is 11.5. The molecular formula is C12H19N3O4S. The minimum atomic E-state index is -3.75. The van der Waals surface area contributed by atoms with E-state index in [1.54, 1.807) is 13.0 Å². The molecule has 8 heteroatoms. The van der Waals surface area contributed by atoms with Gasteiger partial charge in [-0.1, -0.05) is 6.07 Å². The molecule has 0 fully saturated rings. The van der Waals surface area contributed by atoms with Crippen LogP contribution < -0.4 is 15.8 Å². The number of nitrogen functional groups attached to an aromatic ring is 1. The van der Waals surface area contributed by atoms with E-state index in [1.165, 1.54) is 19.2 Å². The van der Waals surface area contributed by atoms with Crippen LogP contribution in [0, 0.1) is 6.92 Å². The SMILES string of the molecule is COCCNC(=O)CNS(=O)(=O)c1ccc(C)c(N)c1. The molecule has 0 heterocycles. The maximum Gasteiger partial charge on any atom is 0.241 e. The molecule has 1 rings (SSSR count). The van der Waals surface area contributed by atoms with Crippen LogP contribution in [0.25, 0.3) is 0 Å². The molecule has 112 valence electrons. The van der Waals surface area contributed by atoms with Crippen LogP contribution in [-0.2, 0) is 19.6 Å². The highest BCUT2D eigenvalue weighted by Crippen LogP contribution is 2.16. The first-order chi connectivity index (χ1) is 9.36. The molecule has 0 bridgehead atoms. The van der Waals surface area contributed by atoms with Gasteiger partial charge < -0.3 is 15.8 Å². The van der Waals surface area contributed by atoms with Crippen molar-refractivity contribution in [3.63, 3.8) is 0 Å². The van der Waals surface area contributed by atoms with Crippen molar-refractivity contribution in [2.75, 3.05) is 32.5 Å². The van der Waals surface area contributed by atoms with Crippen LogP contribution in [0.1, 0.15) is 5.56 Å². The van der Waals surface area contributed by atoms with Crippen molar-refractivity contribution in [2.45, 2.75) is 11.8 Å². The van der Waals surface area contributed by atoms with Gasteiger partial charge in [0.25, 0.3) is 0 Å². The smallest absolute Gasteiger partial charge is 0.241 e. The molecule has 0 saturated carbocycles. The molecule has 0 aliphatic carbocycles. The number of carbonyl (C=O) groups excluding carboxylic acids is 1. The highest BCUT2D eigenvalue weighted by molar-refractivity contribution is 7.89. The topological polar surface area (TPSA) is 111 Å². The Balaban J connectivity index is 2.61. The van der Waals surface area contributed by atoms with Gasteiger partial charge >= 0.3 is 0 Å². The van der Waals surface area contributed by atoms with Crippen molar-refractivity contribution in [3.05, 3.63) is 23.8 Å². The van der Waals surface area contributed by atoms with Crippen LogP contribution in [0.5, 0.6) is 0 Å². The van der Waals surface area contributed by atoms with Crippen LogP contribution in [0.3, 0.4) is 0 Å². The molecule has 0 aliphatic rings. The second-order valence-corrected chi connectivity index (χ2v) is 5.95. The number of nitrogens with one attached hydrogen (secondary N) is 2. The average Bonchev–Trinajstić information content (AvgIpc) is 2.40. The summed E-state index contributed by atoms with van der Waals surface area (Å²) in [5.74, 6) is -0.425. The van der Waals surface area contributed by atoms with Gasteiger partial charge in [-0.05, 0) is 24.6 Å². The Kier molecular flexibility index (Phi) is 5.93. The average molecular weight is 301 g/mol. The summed E-state index contributed by atoms with van der Waals surface area (Å²) in [5.41, 5.74) is 6.85. The van der Waals surface area contributed by atoms with Crippen molar-refractivity contribution < 1.29 is 17.9 Å². The van der Waals surface area contributed by atoms with E-state index in [0.29, 0.717) is 18.8 Å². The third-order valence-corrected chi connectivity index (χ3v) is 4.01. The predicted molar refractivity (Wildman–Crippen MR) is 75.7 cm³/mol. The Bertz CT molecular complexity index is 572. The molecule has 0 spiro atoms. The number of methoxy groups -OCH3 is 1. The van der Waals surface area contributed by atoms with E-state index in [-0.39, 0.29) is 11.4 Å². The van der Waals surface area contributed by atoms with E-state index in [1.807, 2.05) is 0 Å². The highest BCUT2D eigenvalue weighted by Gasteiger charge is 2.16. The number of anilines is 1. The molecule has 1 aromatic rings. The minimum absolute atomic E-state index is 0.0327. The summed E-state index contributed by atoms with van der Waals surface area (Å²) >= 11 is 0. The van der Waals surface area contributed by atoms with E-state index in [2.05, 4.69) is 10.0 Å². The monoisotopic (exact) mass is 301 g/mol. The third-order valence-electron chi connectivity index (χ3n) is 2.61. The number of ether oxygens (including phenoxy) is 1. The van der Waals surface area contributed by atoms with E-state index in [9.17, 15) is 13.2 Å². The number of benzene rings is 1. The highest BCUT2D eigenvalue weighted by atomic mass is 32.2. The molecule has 4 N–H and O–H groups in total. The van der Waals surface area contributed by atoms with Crippen LogP contribution in [-0.4, -0.2) is 41.1 Å². The standard InChI is InChI=1S/C12H19N3O4S/c1-9-3-4-10(7-11(9)13)20(17,18)15-8-12(16)14-5-6-19-2/h3-4,7,15H,5-6,8,13H2,1-2H3,(H,14,16). The number of hydrogen-bond donors (Lipinski definition) is 3. The number of nitrogens with two attached hydrogens (primary N) is 1. The third kappa shape index (κ3) is 4.80. The summed E-state index contributed by atoms with van der Waals surface area (Å²) in [6.07, 6.45) is 0. The first-order valence-electron chi connectivity index (χ1n) is 5.98. The molecule has 20 heavy (non-hydrogen) atoms. The Labute approximate surface area is 118 Å². The summed E-state index contributed by atoms with van der Waals surface area (Å²) in [4.78, 5) is 11.4. The van der Waals surface area contributed by atoms with Gasteiger partial charge in [-0.2, -0.15) is 0 Å². The fourth-order valence-electron chi connectivity index (χ4n) is 1.38. The molecule has 1 amide bonds. The van der Waals surface area contributed by atoms with Gasteiger partial charge in [0.2, 0.25) is 15.9 Å². The second kappa shape index (κ2) is 7.22. The first kappa shape index (κ1) is 16.4. The van der Waals surface area contributed by atoms with Gasteiger partial charge in [0.1, 0.15) is 0 Å². The largest absolute Gasteiger partial charge is 0.398 e. The van der Waals surface area contributed by atoms with Gasteiger partial charge in [0, 0.05) is 19.3 Å². The quantitative estimate of drug-likeness (QED) is 0.469. The summed E-state index contributed by atoms with van der Waals surface area (Å²) in [5, 5.41) is 2.51. The lowest BCUT2D eigenvalue weighted by Gasteiger charge is -2.09. The van der Waals surface area contributed by atoms with Gasteiger partial charge in [-0.15, -0.1) is 0 Å². The Hall–Kier alpha value is -1.64.